The molecule has 1 N–H and O–H groups in total. The van der Waals surface area contributed by atoms with Crippen LogP contribution in [0.2, 0.25) is 0 Å². The van der Waals surface area contributed by atoms with Gasteiger partial charge in [-0.2, -0.15) is 17.0 Å². The van der Waals surface area contributed by atoms with Gasteiger partial charge in [0.1, 0.15) is 0 Å². The predicted molar refractivity (Wildman–Crippen MR) is 88.6 cm³/mol. The summed E-state index contributed by atoms with van der Waals surface area (Å²) in [5, 5.41) is 9.04. The summed E-state index contributed by atoms with van der Waals surface area (Å²) in [6, 6.07) is 6.87. The van der Waals surface area contributed by atoms with Crippen molar-refractivity contribution in [2.45, 2.75) is 26.7 Å². The van der Waals surface area contributed by atoms with Crippen LogP contribution in [0.1, 0.15) is 36.2 Å². The van der Waals surface area contributed by atoms with Gasteiger partial charge in [-0.05, 0) is 36.5 Å². The smallest absolute Gasteiger partial charge is 0.335 e. The molecule has 0 unspecified atom stereocenters. The second kappa shape index (κ2) is 7.42. The van der Waals surface area contributed by atoms with Gasteiger partial charge in [0.15, 0.2) is 0 Å². The number of hydrogen-bond donors (Lipinski definition) is 1. The highest BCUT2D eigenvalue weighted by Crippen LogP contribution is 2.25. The van der Waals surface area contributed by atoms with Crippen molar-refractivity contribution < 1.29 is 18.3 Å². The molecule has 1 atom stereocenters. The monoisotopic (exact) mass is 340 g/mol. The number of aromatic carboxylic acids is 1. The zero-order valence-electron chi connectivity index (χ0n) is 13.6. The maximum Gasteiger partial charge on any atom is 0.335 e. The lowest BCUT2D eigenvalue weighted by Gasteiger charge is -2.25. The molecule has 7 heteroatoms. The van der Waals surface area contributed by atoms with Gasteiger partial charge in [-0.25, -0.2) is 4.79 Å². The van der Waals surface area contributed by atoms with Gasteiger partial charge >= 0.3 is 5.97 Å². The highest BCUT2D eigenvalue weighted by atomic mass is 32.2. The van der Waals surface area contributed by atoms with Crippen LogP contribution in [0.4, 0.5) is 0 Å². The van der Waals surface area contributed by atoms with Crippen molar-refractivity contribution in [2.24, 2.45) is 5.92 Å². The molecular formula is C16H24N2O4S. The van der Waals surface area contributed by atoms with Gasteiger partial charge in [0.05, 0.1) is 5.56 Å². The van der Waals surface area contributed by atoms with Crippen molar-refractivity contribution in [3.05, 3.63) is 35.4 Å². The summed E-state index contributed by atoms with van der Waals surface area (Å²) in [5.74, 6) is -0.714. The summed E-state index contributed by atoms with van der Waals surface area (Å²) in [4.78, 5) is 11.0. The molecule has 1 saturated heterocycles. The van der Waals surface area contributed by atoms with Crippen molar-refractivity contribution in [2.75, 3.05) is 26.2 Å². The third-order valence-electron chi connectivity index (χ3n) is 4.30. The molecule has 0 amide bonds. The van der Waals surface area contributed by atoms with E-state index in [2.05, 4.69) is 0 Å². The van der Waals surface area contributed by atoms with E-state index >= 15 is 0 Å². The molecule has 1 aromatic rings. The fourth-order valence-electron chi connectivity index (χ4n) is 3.05. The van der Waals surface area contributed by atoms with E-state index < -0.39 is 16.2 Å². The first-order valence-corrected chi connectivity index (χ1v) is 9.35. The molecule has 1 aliphatic heterocycles. The second-order valence-corrected chi connectivity index (χ2v) is 7.74. The first-order valence-electron chi connectivity index (χ1n) is 7.96. The molecule has 0 bridgehead atoms. The van der Waals surface area contributed by atoms with Crippen LogP contribution in [-0.2, 0) is 16.6 Å². The van der Waals surface area contributed by atoms with E-state index in [1.807, 2.05) is 19.9 Å². The van der Waals surface area contributed by atoms with E-state index in [1.54, 1.807) is 22.5 Å². The molecule has 6 nitrogen and oxygen atoms in total. The molecule has 1 heterocycles. The highest BCUT2D eigenvalue weighted by molar-refractivity contribution is 7.86. The van der Waals surface area contributed by atoms with Crippen LogP contribution in [0.3, 0.4) is 0 Å². The number of carboxylic acid groups (broad SMARTS) is 1. The average molecular weight is 340 g/mol. The number of rotatable bonds is 7. The minimum atomic E-state index is -3.38. The second-order valence-electron chi connectivity index (χ2n) is 5.81. The third-order valence-corrected chi connectivity index (χ3v) is 6.46. The number of carbonyl (C=O) groups is 1. The Bertz CT molecular complexity index is 656. The lowest BCUT2D eigenvalue weighted by Crippen LogP contribution is -2.42. The average Bonchev–Trinajstić information content (AvgIpc) is 2.97. The molecule has 0 spiro atoms. The van der Waals surface area contributed by atoms with Gasteiger partial charge in [-0.3, -0.25) is 0 Å². The molecule has 1 aromatic carbocycles. The Morgan fingerprint density at radius 1 is 1.35 bits per heavy atom. The van der Waals surface area contributed by atoms with Gasteiger partial charge in [0.2, 0.25) is 0 Å². The van der Waals surface area contributed by atoms with Crippen LogP contribution in [0.25, 0.3) is 0 Å². The molecule has 0 saturated carbocycles. The Hall–Kier alpha value is -1.44. The van der Waals surface area contributed by atoms with Gasteiger partial charge in [-0.1, -0.05) is 26.0 Å². The van der Waals surface area contributed by atoms with E-state index in [-0.39, 0.29) is 11.5 Å². The Morgan fingerprint density at radius 3 is 2.65 bits per heavy atom. The lowest BCUT2D eigenvalue weighted by atomic mass is 9.97. The van der Waals surface area contributed by atoms with Crippen LogP contribution >= 0.6 is 0 Å². The lowest BCUT2D eigenvalue weighted by molar-refractivity contribution is 0.0696. The Balaban J connectivity index is 2.03. The maximum atomic E-state index is 12.5. The predicted octanol–water partition coefficient (Wildman–Crippen LogP) is 1.84. The molecule has 0 aromatic heterocycles. The largest absolute Gasteiger partial charge is 0.478 e. The van der Waals surface area contributed by atoms with E-state index in [0.29, 0.717) is 32.6 Å². The molecule has 23 heavy (non-hydrogen) atoms. The van der Waals surface area contributed by atoms with Crippen LogP contribution in [0.15, 0.2) is 24.3 Å². The van der Waals surface area contributed by atoms with Crippen LogP contribution < -0.4 is 0 Å². The zero-order chi connectivity index (χ0) is 17.0. The van der Waals surface area contributed by atoms with Crippen LogP contribution in [-0.4, -0.2) is 54.3 Å². The number of hydrogen-bond acceptors (Lipinski definition) is 3. The molecule has 2 rings (SSSR count). The number of benzene rings is 1. The zero-order valence-corrected chi connectivity index (χ0v) is 14.4. The van der Waals surface area contributed by atoms with Crippen molar-refractivity contribution in [1.29, 1.82) is 0 Å². The maximum absolute atomic E-state index is 12.5. The molecule has 1 aliphatic rings. The van der Waals surface area contributed by atoms with Crippen molar-refractivity contribution in [1.82, 2.24) is 8.61 Å². The third kappa shape index (κ3) is 4.10. The Kier molecular flexibility index (Phi) is 5.78. The molecule has 1 fully saturated rings. The van der Waals surface area contributed by atoms with Crippen molar-refractivity contribution in [3.63, 3.8) is 0 Å². The van der Waals surface area contributed by atoms with Crippen LogP contribution in [0, 0.1) is 5.92 Å². The summed E-state index contributed by atoms with van der Waals surface area (Å²) < 4.78 is 28.0. The topological polar surface area (TPSA) is 77.9 Å². The summed E-state index contributed by atoms with van der Waals surface area (Å²) >= 11 is 0. The Labute approximate surface area is 137 Å². The summed E-state index contributed by atoms with van der Waals surface area (Å²) in [7, 11) is -3.38. The standard InChI is InChI=1S/C16H24N2O4S/c1-3-17(4-2)23(21,22)18-9-8-14(12-18)10-13-6-5-7-15(11-13)16(19)20/h5-7,11,14H,3-4,8-10,12H2,1-2H3,(H,19,20)/t14-/m0/s1. The first kappa shape index (κ1) is 17.9. The fraction of sp³-hybridized carbons (Fsp3) is 0.562. The van der Waals surface area contributed by atoms with E-state index in [1.165, 1.54) is 4.31 Å². The fourth-order valence-corrected chi connectivity index (χ4v) is 4.77. The molecule has 0 radical (unpaired) electrons. The number of carboxylic acids is 1. The summed E-state index contributed by atoms with van der Waals surface area (Å²) in [6.45, 7) is 5.65. The summed E-state index contributed by atoms with van der Waals surface area (Å²) in [6.07, 6.45) is 1.50. The van der Waals surface area contributed by atoms with Gasteiger partial charge in [0, 0.05) is 26.2 Å². The van der Waals surface area contributed by atoms with Gasteiger partial charge < -0.3 is 5.11 Å². The Morgan fingerprint density at radius 2 is 2.04 bits per heavy atom. The first-order chi connectivity index (χ1) is 10.9. The van der Waals surface area contributed by atoms with E-state index in [0.717, 1.165) is 12.0 Å². The summed E-state index contributed by atoms with van der Waals surface area (Å²) in [5.41, 5.74) is 1.21. The molecular weight excluding hydrogens is 316 g/mol. The van der Waals surface area contributed by atoms with E-state index in [9.17, 15) is 13.2 Å². The minimum absolute atomic E-state index is 0.226. The number of nitrogens with zero attached hydrogens (tertiary/aromatic N) is 2. The highest BCUT2D eigenvalue weighted by Gasteiger charge is 2.34. The van der Waals surface area contributed by atoms with Crippen molar-refractivity contribution in [3.8, 4) is 0 Å². The SMILES string of the molecule is CCN(CC)S(=O)(=O)N1CC[C@@H](Cc2cccc(C(=O)O)c2)C1. The van der Waals surface area contributed by atoms with E-state index in [4.69, 9.17) is 5.11 Å². The molecule has 0 aliphatic carbocycles. The normalized spacial score (nSPS) is 19.3. The van der Waals surface area contributed by atoms with Crippen LogP contribution in [0.5, 0.6) is 0 Å². The van der Waals surface area contributed by atoms with Gasteiger partial charge in [-0.15, -0.1) is 0 Å². The molecule has 128 valence electrons. The minimum Gasteiger partial charge on any atom is -0.478 e. The quantitative estimate of drug-likeness (QED) is 0.821. The van der Waals surface area contributed by atoms with Gasteiger partial charge in [0.25, 0.3) is 10.2 Å². The van der Waals surface area contributed by atoms with Crippen molar-refractivity contribution >= 4 is 16.2 Å².